The third-order valence-electron chi connectivity index (χ3n) is 5.28. The summed E-state index contributed by atoms with van der Waals surface area (Å²) in [7, 11) is -3.88. The van der Waals surface area contributed by atoms with Crippen molar-refractivity contribution in [2.45, 2.75) is 18.0 Å². The molecule has 1 amide bonds. The zero-order chi connectivity index (χ0) is 22.2. The number of rotatable bonds is 4. The van der Waals surface area contributed by atoms with Crippen LogP contribution in [0.25, 0.3) is 0 Å². The van der Waals surface area contributed by atoms with E-state index in [2.05, 4.69) is 0 Å². The number of halogens is 2. The molecule has 1 atom stereocenters. The quantitative estimate of drug-likeness (QED) is 0.525. The Morgan fingerprint density at radius 2 is 1.61 bits per heavy atom. The van der Waals surface area contributed by atoms with Crippen LogP contribution in [0, 0.1) is 6.92 Å². The smallest absolute Gasteiger partial charge is 0.255 e. The lowest BCUT2D eigenvalue weighted by atomic mass is 10.1. The van der Waals surface area contributed by atoms with Crippen LogP contribution in [0.1, 0.15) is 27.7 Å². The van der Waals surface area contributed by atoms with Crippen molar-refractivity contribution in [3.05, 3.63) is 99.5 Å². The molecule has 0 N–H and O–H groups in total. The van der Waals surface area contributed by atoms with Gasteiger partial charge in [-0.05, 0) is 43.3 Å². The zero-order valence-electron chi connectivity index (χ0n) is 16.7. The molecule has 160 valence electrons. The number of nitrogens with zero attached hydrogens (tertiary/aromatic N) is 2. The van der Waals surface area contributed by atoms with Gasteiger partial charge in [-0.3, -0.25) is 4.79 Å². The first-order chi connectivity index (χ1) is 14.8. The lowest BCUT2D eigenvalue weighted by Gasteiger charge is -2.31. The molecule has 0 saturated carbocycles. The van der Waals surface area contributed by atoms with Crippen LogP contribution in [-0.4, -0.2) is 36.6 Å². The maximum absolute atomic E-state index is 13.5. The average Bonchev–Trinajstić information content (AvgIpc) is 3.20. The summed E-state index contributed by atoms with van der Waals surface area (Å²) in [5.74, 6) is -0.266. The van der Waals surface area contributed by atoms with E-state index in [4.69, 9.17) is 23.2 Å². The number of carbonyl (C=O) groups excluding carboxylic acids is 1. The van der Waals surface area contributed by atoms with Crippen LogP contribution in [0.5, 0.6) is 0 Å². The molecule has 3 aromatic carbocycles. The molecule has 0 aromatic heterocycles. The molecule has 1 heterocycles. The van der Waals surface area contributed by atoms with Crippen molar-refractivity contribution < 1.29 is 13.2 Å². The number of carbonyl (C=O) groups is 1. The van der Waals surface area contributed by atoms with E-state index in [9.17, 15) is 13.2 Å². The lowest BCUT2D eigenvalue weighted by Crippen LogP contribution is -2.38. The minimum atomic E-state index is -3.88. The minimum absolute atomic E-state index is 0.151. The molecule has 8 heteroatoms. The van der Waals surface area contributed by atoms with Gasteiger partial charge in [-0.15, -0.1) is 0 Å². The van der Waals surface area contributed by atoms with E-state index < -0.39 is 16.2 Å². The summed E-state index contributed by atoms with van der Waals surface area (Å²) in [6.07, 6.45) is -0.885. The lowest BCUT2D eigenvalue weighted by molar-refractivity contribution is 0.0693. The highest BCUT2D eigenvalue weighted by Crippen LogP contribution is 2.39. The first-order valence-electron chi connectivity index (χ1n) is 9.68. The number of aryl methyl sites for hydroxylation is 1. The fraction of sp³-hybridized carbons (Fsp3) is 0.174. The van der Waals surface area contributed by atoms with Gasteiger partial charge in [0.2, 0.25) is 10.0 Å². The van der Waals surface area contributed by atoms with Crippen LogP contribution in [0.2, 0.25) is 10.0 Å². The molecule has 1 aliphatic rings. The monoisotopic (exact) mass is 474 g/mol. The minimum Gasteiger partial charge on any atom is -0.316 e. The molecule has 1 saturated heterocycles. The molecule has 0 aliphatic carbocycles. The van der Waals surface area contributed by atoms with Gasteiger partial charge in [-0.2, -0.15) is 4.31 Å². The molecular weight excluding hydrogens is 455 g/mol. The predicted octanol–water partition coefficient (Wildman–Crippen LogP) is 5.15. The van der Waals surface area contributed by atoms with E-state index in [1.807, 2.05) is 13.0 Å². The van der Waals surface area contributed by atoms with Crippen LogP contribution < -0.4 is 0 Å². The highest BCUT2D eigenvalue weighted by atomic mass is 35.5. The normalized spacial score (nSPS) is 17.1. The van der Waals surface area contributed by atoms with Crippen LogP contribution in [0.4, 0.5) is 0 Å². The summed E-state index contributed by atoms with van der Waals surface area (Å²) in [6.45, 7) is 2.28. The zero-order valence-corrected chi connectivity index (χ0v) is 19.0. The Hall–Kier alpha value is -2.38. The van der Waals surface area contributed by atoms with Crippen LogP contribution in [0.3, 0.4) is 0 Å². The number of sulfonamides is 1. The first-order valence-corrected chi connectivity index (χ1v) is 11.9. The fourth-order valence-electron chi connectivity index (χ4n) is 3.70. The summed E-state index contributed by atoms with van der Waals surface area (Å²) >= 11 is 12.5. The van der Waals surface area contributed by atoms with Crippen molar-refractivity contribution in [1.82, 2.24) is 9.21 Å². The molecule has 3 aromatic rings. The maximum Gasteiger partial charge on any atom is 0.255 e. The van der Waals surface area contributed by atoms with Crippen molar-refractivity contribution in [1.29, 1.82) is 0 Å². The SMILES string of the molecule is Cc1ccc(S(=O)(=O)N2CCN(C(=O)c3ccccc3)[C@H]2c2ccc(Cl)cc2Cl)cc1. The van der Waals surface area contributed by atoms with Crippen molar-refractivity contribution in [3.8, 4) is 0 Å². The topological polar surface area (TPSA) is 57.7 Å². The van der Waals surface area contributed by atoms with Gasteiger partial charge in [0.25, 0.3) is 5.91 Å². The molecule has 0 unspecified atom stereocenters. The summed E-state index contributed by atoms with van der Waals surface area (Å²) in [4.78, 5) is 15.0. The number of benzene rings is 3. The van der Waals surface area contributed by atoms with E-state index >= 15 is 0 Å². The highest BCUT2D eigenvalue weighted by Gasteiger charge is 2.44. The Morgan fingerprint density at radius 1 is 0.935 bits per heavy atom. The van der Waals surface area contributed by atoms with Gasteiger partial charge >= 0.3 is 0 Å². The van der Waals surface area contributed by atoms with Crippen LogP contribution >= 0.6 is 23.2 Å². The molecular formula is C23H20Cl2N2O3S. The second kappa shape index (κ2) is 8.63. The summed E-state index contributed by atoms with van der Waals surface area (Å²) in [5.41, 5.74) is 1.94. The molecule has 1 fully saturated rings. The van der Waals surface area contributed by atoms with Gasteiger partial charge in [0.15, 0.2) is 0 Å². The molecule has 1 aliphatic heterocycles. The van der Waals surface area contributed by atoms with Crippen molar-refractivity contribution in [3.63, 3.8) is 0 Å². The summed E-state index contributed by atoms with van der Waals surface area (Å²) in [5, 5.41) is 0.731. The Bertz CT molecular complexity index is 1220. The van der Waals surface area contributed by atoms with Gasteiger partial charge in [0, 0.05) is 34.3 Å². The van der Waals surface area contributed by atoms with Gasteiger partial charge in [-0.1, -0.05) is 65.2 Å². The molecule has 0 spiro atoms. The predicted molar refractivity (Wildman–Crippen MR) is 122 cm³/mol. The number of hydrogen-bond donors (Lipinski definition) is 0. The van der Waals surface area contributed by atoms with Gasteiger partial charge in [0.05, 0.1) is 4.90 Å². The highest BCUT2D eigenvalue weighted by molar-refractivity contribution is 7.89. The second-order valence-corrected chi connectivity index (χ2v) is 10.1. The molecule has 31 heavy (non-hydrogen) atoms. The van der Waals surface area contributed by atoms with Crippen molar-refractivity contribution >= 4 is 39.1 Å². The maximum atomic E-state index is 13.5. The van der Waals surface area contributed by atoms with Crippen LogP contribution in [0.15, 0.2) is 77.7 Å². The summed E-state index contributed by atoms with van der Waals surface area (Å²) in [6, 6.07) is 20.3. The number of hydrogen-bond acceptors (Lipinski definition) is 3. The molecule has 0 radical (unpaired) electrons. The van der Waals surface area contributed by atoms with E-state index in [1.54, 1.807) is 66.7 Å². The Labute approximate surface area is 191 Å². The third-order valence-corrected chi connectivity index (χ3v) is 7.71. The van der Waals surface area contributed by atoms with Gasteiger partial charge in [-0.25, -0.2) is 8.42 Å². The summed E-state index contributed by atoms with van der Waals surface area (Å²) < 4.78 is 28.4. The molecule has 0 bridgehead atoms. The Kier molecular flexibility index (Phi) is 6.08. The first kappa shape index (κ1) is 21.8. The second-order valence-electron chi connectivity index (χ2n) is 7.33. The largest absolute Gasteiger partial charge is 0.316 e. The van der Waals surface area contributed by atoms with E-state index in [0.717, 1.165) is 5.56 Å². The standard InChI is InChI=1S/C23H20Cl2N2O3S/c1-16-7-10-19(11-8-16)31(29,30)27-14-13-26(23(28)17-5-3-2-4-6-17)22(27)20-12-9-18(24)15-21(20)25/h2-12,15,22H,13-14H2,1H3/t22-/m1/s1. The van der Waals surface area contributed by atoms with Crippen molar-refractivity contribution in [2.24, 2.45) is 0 Å². The Balaban J connectivity index is 1.81. The van der Waals surface area contributed by atoms with Crippen LogP contribution in [-0.2, 0) is 10.0 Å². The van der Waals surface area contributed by atoms with Gasteiger partial charge in [0.1, 0.15) is 6.17 Å². The average molecular weight is 475 g/mol. The van der Waals surface area contributed by atoms with E-state index in [0.29, 0.717) is 21.2 Å². The molecule has 5 nitrogen and oxygen atoms in total. The number of amides is 1. The van der Waals surface area contributed by atoms with Crippen molar-refractivity contribution in [2.75, 3.05) is 13.1 Å². The Morgan fingerprint density at radius 3 is 2.26 bits per heavy atom. The van der Waals surface area contributed by atoms with E-state index in [1.165, 1.54) is 9.21 Å². The van der Waals surface area contributed by atoms with E-state index in [-0.39, 0.29) is 23.9 Å². The van der Waals surface area contributed by atoms with Gasteiger partial charge < -0.3 is 4.90 Å². The fourth-order valence-corrected chi connectivity index (χ4v) is 5.77. The molecule has 4 rings (SSSR count). The third kappa shape index (κ3) is 4.21.